The molecule has 6 heteroatoms. The van der Waals surface area contributed by atoms with E-state index in [9.17, 15) is 4.79 Å². The Bertz CT molecular complexity index is 1070. The van der Waals surface area contributed by atoms with Crippen molar-refractivity contribution in [1.82, 2.24) is 9.88 Å². The van der Waals surface area contributed by atoms with Gasteiger partial charge in [0, 0.05) is 46.3 Å². The monoisotopic (exact) mass is 396 g/mol. The topological polar surface area (TPSA) is 54.6 Å². The lowest BCUT2D eigenvalue weighted by atomic mass is 9.98. The Morgan fingerprint density at radius 3 is 2.64 bits per heavy atom. The van der Waals surface area contributed by atoms with E-state index in [2.05, 4.69) is 11.1 Å². The minimum Gasteiger partial charge on any atom is -0.493 e. The molecule has 3 aromatic rings. The fourth-order valence-corrected chi connectivity index (χ4v) is 3.78. The van der Waals surface area contributed by atoms with E-state index in [1.165, 1.54) is 5.57 Å². The fraction of sp³-hybridized carbons (Fsp3) is 0.227. The maximum atomic E-state index is 12.9. The first-order valence-corrected chi connectivity index (χ1v) is 9.46. The number of carbonyl (C=O) groups excluding carboxylic acids is 1. The van der Waals surface area contributed by atoms with Gasteiger partial charge in [0.1, 0.15) is 0 Å². The third-order valence-electron chi connectivity index (χ3n) is 5.12. The van der Waals surface area contributed by atoms with Crippen molar-refractivity contribution in [3.05, 3.63) is 64.8 Å². The molecule has 1 aliphatic heterocycles. The summed E-state index contributed by atoms with van der Waals surface area (Å²) in [6.07, 6.45) is 4.92. The van der Waals surface area contributed by atoms with Crippen LogP contribution in [0.4, 0.5) is 0 Å². The van der Waals surface area contributed by atoms with E-state index in [-0.39, 0.29) is 5.91 Å². The molecule has 1 aliphatic rings. The van der Waals surface area contributed by atoms with E-state index in [1.807, 2.05) is 29.3 Å². The van der Waals surface area contributed by atoms with Crippen molar-refractivity contribution in [3.8, 4) is 11.5 Å². The highest BCUT2D eigenvalue weighted by atomic mass is 35.5. The molecule has 2 aromatic carbocycles. The Morgan fingerprint density at radius 1 is 1.11 bits per heavy atom. The van der Waals surface area contributed by atoms with Crippen LogP contribution in [0.25, 0.3) is 16.5 Å². The van der Waals surface area contributed by atoms with E-state index >= 15 is 0 Å². The third-order valence-corrected chi connectivity index (χ3v) is 5.35. The summed E-state index contributed by atoms with van der Waals surface area (Å²) in [4.78, 5) is 18.0. The number of aromatic amines is 1. The van der Waals surface area contributed by atoms with E-state index in [1.54, 1.807) is 32.4 Å². The van der Waals surface area contributed by atoms with Crippen molar-refractivity contribution < 1.29 is 14.3 Å². The number of rotatable bonds is 4. The number of ether oxygens (including phenoxy) is 2. The predicted molar refractivity (Wildman–Crippen MR) is 111 cm³/mol. The van der Waals surface area contributed by atoms with E-state index in [0.29, 0.717) is 30.2 Å². The third kappa shape index (κ3) is 3.34. The molecule has 144 valence electrons. The SMILES string of the molecule is COc1ccc(C(=O)N2CC=C(c3c[nH]c4ccc(Cl)cc34)CC2)cc1OC. The molecule has 0 fully saturated rings. The molecule has 0 bridgehead atoms. The minimum atomic E-state index is -0.0155. The maximum absolute atomic E-state index is 12.9. The number of H-pyrrole nitrogens is 1. The van der Waals surface area contributed by atoms with Gasteiger partial charge >= 0.3 is 0 Å². The number of benzene rings is 2. The molecule has 1 aromatic heterocycles. The van der Waals surface area contributed by atoms with Crippen LogP contribution in [0.2, 0.25) is 5.02 Å². The van der Waals surface area contributed by atoms with Crippen LogP contribution in [0.1, 0.15) is 22.3 Å². The predicted octanol–water partition coefficient (Wildman–Crippen LogP) is 4.77. The van der Waals surface area contributed by atoms with Crippen LogP contribution in [0.3, 0.4) is 0 Å². The second-order valence-corrected chi connectivity index (χ2v) is 7.13. The molecule has 0 atom stereocenters. The highest BCUT2D eigenvalue weighted by molar-refractivity contribution is 6.31. The summed E-state index contributed by atoms with van der Waals surface area (Å²) < 4.78 is 10.6. The Morgan fingerprint density at radius 2 is 1.93 bits per heavy atom. The standard InChI is InChI=1S/C22H21ClN2O3/c1-27-20-6-3-15(11-21(20)28-2)22(26)25-9-7-14(8-10-25)18-13-24-19-5-4-16(23)12-17(18)19/h3-7,11-13,24H,8-10H2,1-2H3. The second-order valence-electron chi connectivity index (χ2n) is 6.69. The number of hydrogen-bond donors (Lipinski definition) is 1. The van der Waals surface area contributed by atoms with Gasteiger partial charge in [-0.1, -0.05) is 17.7 Å². The van der Waals surface area contributed by atoms with E-state index in [4.69, 9.17) is 21.1 Å². The first-order valence-electron chi connectivity index (χ1n) is 9.08. The first-order chi connectivity index (χ1) is 13.6. The molecular weight excluding hydrogens is 376 g/mol. The number of carbonyl (C=O) groups is 1. The lowest BCUT2D eigenvalue weighted by Gasteiger charge is -2.27. The quantitative estimate of drug-likeness (QED) is 0.691. The maximum Gasteiger partial charge on any atom is 0.254 e. The van der Waals surface area contributed by atoms with Gasteiger partial charge in [-0.15, -0.1) is 0 Å². The van der Waals surface area contributed by atoms with Gasteiger partial charge in [0.25, 0.3) is 5.91 Å². The smallest absolute Gasteiger partial charge is 0.254 e. The van der Waals surface area contributed by atoms with Crippen molar-refractivity contribution in [1.29, 1.82) is 0 Å². The summed E-state index contributed by atoms with van der Waals surface area (Å²) in [6, 6.07) is 11.1. The molecule has 0 saturated carbocycles. The Balaban J connectivity index is 1.55. The molecule has 0 saturated heterocycles. The Kier molecular flexibility index (Phi) is 5.01. The van der Waals surface area contributed by atoms with Gasteiger partial charge in [-0.25, -0.2) is 0 Å². The van der Waals surface area contributed by atoms with Crippen LogP contribution in [0.5, 0.6) is 11.5 Å². The average molecular weight is 397 g/mol. The zero-order valence-corrected chi connectivity index (χ0v) is 16.5. The van der Waals surface area contributed by atoms with Crippen LogP contribution in [0.15, 0.2) is 48.7 Å². The van der Waals surface area contributed by atoms with Gasteiger partial charge in [-0.3, -0.25) is 4.79 Å². The highest BCUT2D eigenvalue weighted by Gasteiger charge is 2.21. The number of amides is 1. The lowest BCUT2D eigenvalue weighted by Crippen LogP contribution is -2.34. The molecule has 5 nitrogen and oxygen atoms in total. The van der Waals surface area contributed by atoms with Gasteiger partial charge in [0.05, 0.1) is 14.2 Å². The summed E-state index contributed by atoms with van der Waals surface area (Å²) in [7, 11) is 3.14. The largest absolute Gasteiger partial charge is 0.493 e. The second kappa shape index (κ2) is 7.60. The summed E-state index contributed by atoms with van der Waals surface area (Å²) in [6.45, 7) is 1.22. The zero-order valence-electron chi connectivity index (χ0n) is 15.8. The minimum absolute atomic E-state index is 0.0155. The zero-order chi connectivity index (χ0) is 19.7. The molecule has 4 rings (SSSR count). The van der Waals surface area contributed by atoms with Crippen molar-refractivity contribution in [2.75, 3.05) is 27.3 Å². The number of halogens is 1. The van der Waals surface area contributed by atoms with Gasteiger partial charge in [-0.05, 0) is 48.4 Å². The average Bonchev–Trinajstić information content (AvgIpc) is 3.15. The van der Waals surface area contributed by atoms with Crippen molar-refractivity contribution in [3.63, 3.8) is 0 Å². The number of aromatic nitrogens is 1. The molecule has 0 aliphatic carbocycles. The van der Waals surface area contributed by atoms with Crippen LogP contribution >= 0.6 is 11.6 Å². The summed E-state index contributed by atoms with van der Waals surface area (Å²) >= 11 is 6.16. The lowest BCUT2D eigenvalue weighted by molar-refractivity contribution is 0.0772. The van der Waals surface area contributed by atoms with Crippen molar-refractivity contribution in [2.45, 2.75) is 6.42 Å². The van der Waals surface area contributed by atoms with Gasteiger partial charge in [-0.2, -0.15) is 0 Å². The Hall–Kier alpha value is -2.92. The number of methoxy groups -OCH3 is 2. The molecule has 0 unspecified atom stereocenters. The van der Waals surface area contributed by atoms with Crippen LogP contribution in [-0.4, -0.2) is 43.1 Å². The molecule has 0 radical (unpaired) electrons. The van der Waals surface area contributed by atoms with E-state index in [0.717, 1.165) is 27.9 Å². The molecule has 1 amide bonds. The molecule has 28 heavy (non-hydrogen) atoms. The summed E-state index contributed by atoms with van der Waals surface area (Å²) in [5, 5.41) is 1.83. The van der Waals surface area contributed by atoms with E-state index < -0.39 is 0 Å². The summed E-state index contributed by atoms with van der Waals surface area (Å²) in [5.74, 6) is 1.15. The molecule has 1 N–H and O–H groups in total. The van der Waals surface area contributed by atoms with Crippen LogP contribution in [-0.2, 0) is 0 Å². The van der Waals surface area contributed by atoms with Gasteiger partial charge in [0.15, 0.2) is 11.5 Å². The molecule has 0 spiro atoms. The number of fused-ring (bicyclic) bond motifs is 1. The summed E-state index contributed by atoms with van der Waals surface area (Å²) in [5.41, 5.74) is 4.03. The number of hydrogen-bond acceptors (Lipinski definition) is 3. The normalized spacial score (nSPS) is 14.1. The Labute approximate surface area is 168 Å². The van der Waals surface area contributed by atoms with Crippen LogP contribution in [0, 0.1) is 0 Å². The van der Waals surface area contributed by atoms with Gasteiger partial charge in [0.2, 0.25) is 0 Å². The molecule has 2 heterocycles. The van der Waals surface area contributed by atoms with Crippen LogP contribution < -0.4 is 9.47 Å². The van der Waals surface area contributed by atoms with Gasteiger partial charge < -0.3 is 19.4 Å². The molecular formula is C22H21ClN2O3. The van der Waals surface area contributed by atoms with Crippen molar-refractivity contribution in [2.24, 2.45) is 0 Å². The highest BCUT2D eigenvalue weighted by Crippen LogP contribution is 2.32. The van der Waals surface area contributed by atoms with Crippen molar-refractivity contribution >= 4 is 34.0 Å². The number of nitrogens with one attached hydrogen (secondary N) is 1. The first kappa shape index (κ1) is 18.4. The number of nitrogens with zero attached hydrogens (tertiary/aromatic N) is 1. The fourth-order valence-electron chi connectivity index (χ4n) is 3.61.